The van der Waals surface area contributed by atoms with Gasteiger partial charge in [-0.1, -0.05) is 12.1 Å². The minimum atomic E-state index is -0.756. The van der Waals surface area contributed by atoms with Gasteiger partial charge in [-0.2, -0.15) is 0 Å². The van der Waals surface area contributed by atoms with Gasteiger partial charge in [-0.3, -0.25) is 9.59 Å². The monoisotopic (exact) mass is 639 g/mol. The van der Waals surface area contributed by atoms with Crippen LogP contribution in [0.1, 0.15) is 79.9 Å². The fourth-order valence-corrected chi connectivity index (χ4v) is 5.90. The number of nitrogens with one attached hydrogen (secondary N) is 2. The number of hydrogen-bond donors (Lipinski definition) is 4. The number of amides is 1. The van der Waals surface area contributed by atoms with Gasteiger partial charge in [-0.05, 0) is 100 Å². The highest BCUT2D eigenvalue weighted by molar-refractivity contribution is 6.11. The van der Waals surface area contributed by atoms with Crippen LogP contribution in [0.3, 0.4) is 0 Å². The number of nitrogens with zero attached hydrogens (tertiary/aromatic N) is 1. The third kappa shape index (κ3) is 7.57. The molecule has 0 unspecified atom stereocenters. The van der Waals surface area contributed by atoms with Gasteiger partial charge in [0, 0.05) is 30.8 Å². The minimum absolute atomic E-state index is 0. The zero-order valence-corrected chi connectivity index (χ0v) is 26.2. The number of piperidine rings is 1. The number of aromatic hydroxyl groups is 2. The van der Waals surface area contributed by atoms with Gasteiger partial charge in [0.1, 0.15) is 23.2 Å². The lowest BCUT2D eigenvalue weighted by Gasteiger charge is -2.29. The van der Waals surface area contributed by atoms with Gasteiger partial charge >= 0.3 is 5.97 Å². The molecule has 0 radical (unpaired) electrons. The maximum atomic E-state index is 15.5. The average molecular weight is 640 g/mol. The number of phenols is 2. The molecule has 2 saturated heterocycles. The van der Waals surface area contributed by atoms with Gasteiger partial charge < -0.3 is 30.5 Å². The van der Waals surface area contributed by atoms with E-state index in [1.54, 1.807) is 26.0 Å². The predicted octanol–water partition coefficient (Wildman–Crippen LogP) is 5.20. The Morgan fingerprint density at radius 1 is 0.911 bits per heavy atom. The number of halogens is 2. The highest BCUT2D eigenvalue weighted by Crippen LogP contribution is 2.32. The van der Waals surface area contributed by atoms with Gasteiger partial charge in [-0.25, -0.2) is 9.18 Å². The first kappa shape index (κ1) is 33.7. The number of ether oxygens (including phenoxy) is 1. The van der Waals surface area contributed by atoms with Crippen molar-refractivity contribution in [3.05, 3.63) is 87.7 Å². The summed E-state index contributed by atoms with van der Waals surface area (Å²) in [7, 11) is 0. The molecule has 2 atom stereocenters. The van der Waals surface area contributed by atoms with Crippen LogP contribution in [0.4, 0.5) is 10.1 Å². The van der Waals surface area contributed by atoms with Crippen molar-refractivity contribution in [2.75, 3.05) is 31.1 Å². The Kier molecular flexibility index (Phi) is 11.1. The number of benzene rings is 3. The molecule has 0 saturated carbocycles. The first-order chi connectivity index (χ1) is 21.1. The summed E-state index contributed by atoms with van der Waals surface area (Å²) in [5.74, 6) is -2.69. The van der Waals surface area contributed by atoms with Gasteiger partial charge in [0.05, 0.1) is 17.3 Å². The van der Waals surface area contributed by atoms with Gasteiger partial charge in [0.25, 0.3) is 5.91 Å². The molecule has 2 aliphatic rings. The number of carbonyl (C=O) groups is 3. The van der Waals surface area contributed by atoms with Crippen molar-refractivity contribution in [1.82, 2.24) is 10.6 Å². The molecular weight excluding hydrogens is 601 g/mol. The van der Waals surface area contributed by atoms with Crippen LogP contribution in [0, 0.1) is 19.7 Å². The molecule has 2 fully saturated rings. The second-order valence-corrected chi connectivity index (χ2v) is 11.6. The Labute approximate surface area is 268 Å². The van der Waals surface area contributed by atoms with E-state index in [2.05, 4.69) is 10.6 Å². The van der Waals surface area contributed by atoms with Crippen molar-refractivity contribution >= 4 is 35.8 Å². The molecule has 0 aromatic heterocycles. The fourth-order valence-electron chi connectivity index (χ4n) is 5.90. The third-order valence-corrected chi connectivity index (χ3v) is 8.39. The molecule has 9 nitrogen and oxygen atoms in total. The Hall–Kier alpha value is -4.15. The highest BCUT2D eigenvalue weighted by atomic mass is 35.5. The lowest BCUT2D eigenvalue weighted by Crippen LogP contribution is -2.49. The van der Waals surface area contributed by atoms with Crippen LogP contribution in [0.15, 0.2) is 48.5 Å². The van der Waals surface area contributed by atoms with Crippen LogP contribution < -0.4 is 15.5 Å². The first-order valence-electron chi connectivity index (χ1n) is 15.1. The zero-order chi connectivity index (χ0) is 31.4. The number of carbonyl (C=O) groups excluding carboxylic acids is 3. The summed E-state index contributed by atoms with van der Waals surface area (Å²) >= 11 is 0. The van der Waals surface area contributed by atoms with Crippen molar-refractivity contribution in [2.45, 2.75) is 58.1 Å². The fraction of sp³-hybridized carbons (Fsp3) is 0.382. The van der Waals surface area contributed by atoms with E-state index in [1.165, 1.54) is 36.4 Å². The largest absolute Gasteiger partial charge is 0.507 e. The third-order valence-electron chi connectivity index (χ3n) is 8.39. The average Bonchev–Trinajstić information content (AvgIpc) is 3.24. The lowest BCUT2D eigenvalue weighted by molar-refractivity contribution is 0.0192. The topological polar surface area (TPSA) is 128 Å². The molecule has 4 N–H and O–H groups in total. The quantitative estimate of drug-likeness (QED) is 0.205. The van der Waals surface area contributed by atoms with Gasteiger partial charge in [-0.15, -0.1) is 12.4 Å². The standard InChI is InChI=1S/C34H38FN3O6.ClH/c1-20-17-24(18-21(2)31(20)40)33(42)37-25-19-36-14-6-7-28(25)44-34(43)23-10-8-22(9-11-23)32(41)29-27(39)13-12-26(30(29)35)38-15-4-3-5-16-38;/h8-13,17-18,25,28,36,39-40H,3-7,14-16,19H2,1-2H3,(H,37,42);1H/t25-,28-;/m1./s1. The number of esters is 1. The van der Waals surface area contributed by atoms with Crippen molar-refractivity contribution in [3.63, 3.8) is 0 Å². The van der Waals surface area contributed by atoms with E-state index in [-0.39, 0.29) is 35.2 Å². The van der Waals surface area contributed by atoms with Crippen LogP contribution >= 0.6 is 12.4 Å². The molecule has 3 aromatic rings. The summed E-state index contributed by atoms with van der Waals surface area (Å²) < 4.78 is 21.4. The Morgan fingerprint density at radius 3 is 2.22 bits per heavy atom. The molecule has 3 aromatic carbocycles. The van der Waals surface area contributed by atoms with E-state index in [1.807, 2.05) is 4.90 Å². The number of hydrogen-bond acceptors (Lipinski definition) is 8. The summed E-state index contributed by atoms with van der Waals surface area (Å²) in [6, 6.07) is 11.3. The molecule has 5 rings (SSSR count). The van der Waals surface area contributed by atoms with Crippen LogP contribution in [0.25, 0.3) is 0 Å². The molecular formula is C34H39ClFN3O6. The Morgan fingerprint density at radius 2 is 1.56 bits per heavy atom. The van der Waals surface area contributed by atoms with E-state index in [0.29, 0.717) is 55.0 Å². The van der Waals surface area contributed by atoms with E-state index < -0.39 is 41.0 Å². The maximum absolute atomic E-state index is 15.5. The van der Waals surface area contributed by atoms with E-state index in [4.69, 9.17) is 4.74 Å². The van der Waals surface area contributed by atoms with E-state index >= 15 is 4.39 Å². The molecule has 0 spiro atoms. The number of ketones is 1. The Balaban J connectivity index is 0.00000461. The smallest absolute Gasteiger partial charge is 0.338 e. The molecule has 0 bridgehead atoms. The number of anilines is 1. The second-order valence-electron chi connectivity index (χ2n) is 11.6. The first-order valence-corrected chi connectivity index (χ1v) is 15.1. The maximum Gasteiger partial charge on any atom is 0.338 e. The molecule has 11 heteroatoms. The van der Waals surface area contributed by atoms with Crippen molar-refractivity contribution < 1.29 is 33.7 Å². The van der Waals surface area contributed by atoms with Crippen LogP contribution in [-0.4, -0.2) is 66.2 Å². The number of aryl methyl sites for hydroxylation is 2. The zero-order valence-electron chi connectivity index (χ0n) is 25.4. The molecule has 2 aliphatic heterocycles. The van der Waals surface area contributed by atoms with Crippen molar-refractivity contribution in [3.8, 4) is 11.5 Å². The highest BCUT2D eigenvalue weighted by Gasteiger charge is 2.30. The van der Waals surface area contributed by atoms with E-state index in [0.717, 1.165) is 25.7 Å². The number of phenolic OH excluding ortho intramolecular Hbond substituents is 2. The van der Waals surface area contributed by atoms with Gasteiger partial charge in [0.2, 0.25) is 0 Å². The van der Waals surface area contributed by atoms with Crippen LogP contribution in [0.2, 0.25) is 0 Å². The molecule has 45 heavy (non-hydrogen) atoms. The SMILES string of the molecule is Cc1cc(C(=O)N[C@@H]2CNCCC[C@H]2OC(=O)c2ccc(C(=O)c3c(O)ccc(N4CCCCC4)c3F)cc2)cc(C)c1O.Cl. The predicted molar refractivity (Wildman–Crippen MR) is 171 cm³/mol. The molecule has 240 valence electrons. The van der Waals surface area contributed by atoms with Crippen LogP contribution in [-0.2, 0) is 4.74 Å². The Bertz CT molecular complexity index is 1540. The lowest BCUT2D eigenvalue weighted by atomic mass is 9.99. The summed E-state index contributed by atoms with van der Waals surface area (Å²) in [6.07, 6.45) is 3.60. The van der Waals surface area contributed by atoms with Crippen molar-refractivity contribution in [2.24, 2.45) is 0 Å². The minimum Gasteiger partial charge on any atom is -0.507 e. The molecule has 2 heterocycles. The normalized spacial score (nSPS) is 18.3. The second kappa shape index (κ2) is 14.8. The van der Waals surface area contributed by atoms with Crippen molar-refractivity contribution in [1.29, 1.82) is 0 Å². The summed E-state index contributed by atoms with van der Waals surface area (Å²) in [5, 5.41) is 26.7. The molecule has 0 aliphatic carbocycles. The number of rotatable bonds is 7. The molecule has 1 amide bonds. The summed E-state index contributed by atoms with van der Waals surface area (Å²) in [6.45, 7) is 5.92. The van der Waals surface area contributed by atoms with Gasteiger partial charge in [0.15, 0.2) is 11.6 Å². The summed E-state index contributed by atoms with van der Waals surface area (Å²) in [4.78, 5) is 41.4. The van der Waals surface area contributed by atoms with Crippen LogP contribution in [0.5, 0.6) is 11.5 Å². The van der Waals surface area contributed by atoms with E-state index in [9.17, 15) is 24.6 Å². The summed E-state index contributed by atoms with van der Waals surface area (Å²) in [5.41, 5.74) is 1.79.